The first-order chi connectivity index (χ1) is 11.6. The van der Waals surface area contributed by atoms with E-state index in [1.54, 1.807) is 16.7 Å². The summed E-state index contributed by atoms with van der Waals surface area (Å²) in [7, 11) is 0. The van der Waals surface area contributed by atoms with Gasteiger partial charge >= 0.3 is 5.69 Å². The molecule has 0 unspecified atom stereocenters. The molecular weight excluding hydrogens is 313 g/mol. The number of halogens is 1. The largest absolute Gasteiger partial charge is 0.492 e. The van der Waals surface area contributed by atoms with Gasteiger partial charge in [-0.15, -0.1) is 0 Å². The fourth-order valence-electron chi connectivity index (χ4n) is 2.92. The third kappa shape index (κ3) is 3.36. The lowest BCUT2D eigenvalue weighted by molar-refractivity contribution is 0.0835. The molecule has 0 N–H and O–H groups in total. The van der Waals surface area contributed by atoms with Crippen molar-refractivity contribution in [3.05, 3.63) is 46.4 Å². The molecule has 1 aromatic carbocycles. The maximum atomic E-state index is 12.9. The minimum Gasteiger partial charge on any atom is -0.492 e. The van der Waals surface area contributed by atoms with Crippen molar-refractivity contribution in [1.82, 2.24) is 14.3 Å². The minimum absolute atomic E-state index is 0.128. The lowest BCUT2D eigenvalue weighted by Crippen LogP contribution is -2.27. The van der Waals surface area contributed by atoms with Gasteiger partial charge in [0.25, 0.3) is 0 Å². The molecular formula is C17H22FN3O3. The predicted molar refractivity (Wildman–Crippen MR) is 86.5 cm³/mol. The van der Waals surface area contributed by atoms with Crippen LogP contribution >= 0.6 is 0 Å². The molecule has 3 rings (SSSR count). The number of hydrogen-bond donors (Lipinski definition) is 0. The van der Waals surface area contributed by atoms with Crippen molar-refractivity contribution in [1.29, 1.82) is 0 Å². The summed E-state index contributed by atoms with van der Waals surface area (Å²) < 4.78 is 27.2. The Hall–Kier alpha value is -2.15. The molecule has 0 aliphatic carbocycles. The predicted octanol–water partition coefficient (Wildman–Crippen LogP) is 2.38. The molecule has 1 aromatic heterocycles. The van der Waals surface area contributed by atoms with Crippen LogP contribution < -0.4 is 10.4 Å². The number of nitrogens with zero attached hydrogens (tertiary/aromatic N) is 3. The van der Waals surface area contributed by atoms with Crippen LogP contribution in [0.1, 0.15) is 32.2 Å². The smallest absolute Gasteiger partial charge is 0.346 e. The Bertz CT molecular complexity index is 739. The van der Waals surface area contributed by atoms with Gasteiger partial charge in [-0.3, -0.25) is 4.57 Å². The van der Waals surface area contributed by atoms with Crippen molar-refractivity contribution in [2.75, 3.05) is 13.2 Å². The molecule has 24 heavy (non-hydrogen) atoms. The average molecular weight is 335 g/mol. The van der Waals surface area contributed by atoms with E-state index in [4.69, 9.17) is 9.47 Å². The first-order valence-corrected chi connectivity index (χ1v) is 8.27. The van der Waals surface area contributed by atoms with E-state index in [-0.39, 0.29) is 24.2 Å². The van der Waals surface area contributed by atoms with Crippen LogP contribution in [0.2, 0.25) is 0 Å². The van der Waals surface area contributed by atoms with Crippen LogP contribution in [0.5, 0.6) is 5.75 Å². The van der Waals surface area contributed by atoms with E-state index in [1.807, 2.05) is 6.92 Å². The van der Waals surface area contributed by atoms with E-state index in [0.29, 0.717) is 37.2 Å². The van der Waals surface area contributed by atoms with Gasteiger partial charge in [0.1, 0.15) is 24.3 Å². The highest BCUT2D eigenvalue weighted by molar-refractivity contribution is 5.21. The van der Waals surface area contributed by atoms with E-state index in [1.165, 1.54) is 16.8 Å². The van der Waals surface area contributed by atoms with Crippen molar-refractivity contribution in [3.8, 4) is 5.75 Å². The summed E-state index contributed by atoms with van der Waals surface area (Å²) in [5.41, 5.74) is -0.155. The van der Waals surface area contributed by atoms with Gasteiger partial charge in [-0.1, -0.05) is 6.92 Å². The van der Waals surface area contributed by atoms with E-state index < -0.39 is 0 Å². The summed E-state index contributed by atoms with van der Waals surface area (Å²) in [5.74, 6) is 1.29. The van der Waals surface area contributed by atoms with Gasteiger partial charge in [-0.2, -0.15) is 5.10 Å². The molecule has 0 radical (unpaired) electrons. The van der Waals surface area contributed by atoms with Gasteiger partial charge < -0.3 is 9.47 Å². The van der Waals surface area contributed by atoms with Gasteiger partial charge in [0, 0.05) is 13.2 Å². The molecule has 2 atom stereocenters. The van der Waals surface area contributed by atoms with Crippen LogP contribution in [0.15, 0.2) is 29.1 Å². The second-order valence-corrected chi connectivity index (χ2v) is 5.97. The fourth-order valence-corrected chi connectivity index (χ4v) is 2.92. The second-order valence-electron chi connectivity index (χ2n) is 5.97. The fraction of sp³-hybridized carbons (Fsp3) is 0.529. The topological polar surface area (TPSA) is 58.3 Å². The molecule has 2 aromatic rings. The molecule has 6 nitrogen and oxygen atoms in total. The Kier molecular flexibility index (Phi) is 4.99. The van der Waals surface area contributed by atoms with Crippen LogP contribution in [0.3, 0.4) is 0 Å². The first-order valence-electron chi connectivity index (χ1n) is 8.27. The number of aromatic nitrogens is 3. The van der Waals surface area contributed by atoms with Gasteiger partial charge in [-0.25, -0.2) is 13.9 Å². The van der Waals surface area contributed by atoms with Gasteiger partial charge in [0.15, 0.2) is 5.82 Å². The molecule has 0 bridgehead atoms. The van der Waals surface area contributed by atoms with Crippen molar-refractivity contribution >= 4 is 0 Å². The van der Waals surface area contributed by atoms with E-state index >= 15 is 0 Å². The van der Waals surface area contributed by atoms with E-state index in [0.717, 1.165) is 6.42 Å². The highest BCUT2D eigenvalue weighted by atomic mass is 19.1. The first kappa shape index (κ1) is 16.7. The molecule has 1 fully saturated rings. The average Bonchev–Trinajstić information content (AvgIpc) is 3.13. The Morgan fingerprint density at radius 1 is 1.38 bits per heavy atom. The zero-order chi connectivity index (χ0) is 17.1. The molecule has 1 saturated heterocycles. The molecule has 0 spiro atoms. The van der Waals surface area contributed by atoms with E-state index in [2.05, 4.69) is 12.0 Å². The number of rotatable bonds is 6. The van der Waals surface area contributed by atoms with Crippen LogP contribution in [0.25, 0.3) is 0 Å². The van der Waals surface area contributed by atoms with Crippen LogP contribution in [-0.2, 0) is 17.8 Å². The minimum atomic E-state index is -0.310. The Balaban J connectivity index is 1.70. The third-order valence-corrected chi connectivity index (χ3v) is 4.30. The molecule has 0 amide bonds. The standard InChI is InChI=1S/C17H22FN3O3/c1-3-20-16(15-12(2)8-10-24-15)19-21(17(20)22)9-11-23-14-6-4-13(18)5-7-14/h4-7,12,15H,3,8-11H2,1-2H3/t12-,15+/m1/s1. The second kappa shape index (κ2) is 7.17. The zero-order valence-corrected chi connectivity index (χ0v) is 13.9. The maximum Gasteiger partial charge on any atom is 0.346 e. The zero-order valence-electron chi connectivity index (χ0n) is 13.9. The summed E-state index contributed by atoms with van der Waals surface area (Å²) in [6.45, 7) is 5.90. The number of ether oxygens (including phenoxy) is 2. The SMILES string of the molecule is CCn1c([C@H]2OCC[C@H]2C)nn(CCOc2ccc(F)cc2)c1=O. The summed E-state index contributed by atoms with van der Waals surface area (Å²) in [5, 5.41) is 4.46. The van der Waals surface area contributed by atoms with Crippen molar-refractivity contribution < 1.29 is 13.9 Å². The van der Waals surface area contributed by atoms with Crippen molar-refractivity contribution in [3.63, 3.8) is 0 Å². The Morgan fingerprint density at radius 3 is 2.75 bits per heavy atom. The number of hydrogen-bond acceptors (Lipinski definition) is 4. The van der Waals surface area contributed by atoms with Crippen LogP contribution in [0.4, 0.5) is 4.39 Å². The summed E-state index contributed by atoms with van der Waals surface area (Å²) in [6, 6.07) is 5.79. The summed E-state index contributed by atoms with van der Waals surface area (Å²) >= 11 is 0. The molecule has 130 valence electrons. The lowest BCUT2D eigenvalue weighted by Gasteiger charge is -2.13. The molecule has 1 aliphatic rings. The lowest BCUT2D eigenvalue weighted by atomic mass is 10.0. The van der Waals surface area contributed by atoms with Crippen LogP contribution in [-0.4, -0.2) is 27.6 Å². The Morgan fingerprint density at radius 2 is 2.12 bits per heavy atom. The van der Waals surface area contributed by atoms with Gasteiger partial charge in [0.2, 0.25) is 0 Å². The monoisotopic (exact) mass is 335 g/mol. The third-order valence-electron chi connectivity index (χ3n) is 4.30. The highest BCUT2D eigenvalue weighted by Gasteiger charge is 2.31. The van der Waals surface area contributed by atoms with Gasteiger partial charge in [-0.05, 0) is 43.5 Å². The molecule has 2 heterocycles. The Labute approximate surface area is 139 Å². The summed E-state index contributed by atoms with van der Waals surface area (Å²) in [6.07, 6.45) is 0.847. The normalized spacial score (nSPS) is 20.5. The van der Waals surface area contributed by atoms with Gasteiger partial charge in [0.05, 0.1) is 6.54 Å². The van der Waals surface area contributed by atoms with Crippen molar-refractivity contribution in [2.45, 2.75) is 39.5 Å². The van der Waals surface area contributed by atoms with Crippen LogP contribution in [0, 0.1) is 11.7 Å². The van der Waals surface area contributed by atoms with Crippen molar-refractivity contribution in [2.24, 2.45) is 5.92 Å². The molecule has 7 heteroatoms. The molecule has 1 aliphatic heterocycles. The molecule has 0 saturated carbocycles. The summed E-state index contributed by atoms with van der Waals surface area (Å²) in [4.78, 5) is 12.5. The maximum absolute atomic E-state index is 12.9. The van der Waals surface area contributed by atoms with E-state index in [9.17, 15) is 9.18 Å². The quantitative estimate of drug-likeness (QED) is 0.813. The highest BCUT2D eigenvalue weighted by Crippen LogP contribution is 2.32. The number of benzene rings is 1.